The number of nitrogens with zero attached hydrogens (tertiary/aromatic N) is 3. The van der Waals surface area contributed by atoms with E-state index in [0.717, 1.165) is 11.3 Å². The molecule has 18 heavy (non-hydrogen) atoms. The molecule has 1 aromatic heterocycles. The molecule has 2 aromatic rings. The fraction of sp³-hybridized carbons (Fsp3) is 0.250. The lowest BCUT2D eigenvalue weighted by Crippen LogP contribution is -1.91. The molecule has 0 bridgehead atoms. The van der Waals surface area contributed by atoms with Crippen molar-refractivity contribution in [3.05, 3.63) is 35.2 Å². The summed E-state index contributed by atoms with van der Waals surface area (Å²) in [4.78, 5) is 0. The van der Waals surface area contributed by atoms with Gasteiger partial charge in [-0.15, -0.1) is 10.2 Å². The molecule has 2 rings (SSSR count). The largest absolute Gasteiger partial charge is 0.496 e. The number of aryl methyl sites for hydroxylation is 1. The molecule has 6 heteroatoms. The molecular weight excluding hydrogens is 250 g/mol. The van der Waals surface area contributed by atoms with Crippen molar-refractivity contribution in [3.63, 3.8) is 0 Å². The van der Waals surface area contributed by atoms with Crippen LogP contribution in [0.25, 0.3) is 0 Å². The van der Waals surface area contributed by atoms with E-state index >= 15 is 0 Å². The lowest BCUT2D eigenvalue weighted by molar-refractivity contribution is 0.411. The predicted molar refractivity (Wildman–Crippen MR) is 66.3 cm³/mol. The maximum Gasteiger partial charge on any atom is 0.276 e. The van der Waals surface area contributed by atoms with Crippen molar-refractivity contribution in [2.45, 2.75) is 17.9 Å². The van der Waals surface area contributed by atoms with E-state index in [1.165, 1.54) is 11.8 Å². The van der Waals surface area contributed by atoms with Crippen LogP contribution < -0.4 is 4.74 Å². The molecule has 0 aliphatic heterocycles. The van der Waals surface area contributed by atoms with Gasteiger partial charge in [0.05, 0.1) is 18.7 Å². The van der Waals surface area contributed by atoms with Gasteiger partial charge in [0, 0.05) is 18.2 Å². The zero-order valence-electron chi connectivity index (χ0n) is 10.0. The van der Waals surface area contributed by atoms with Gasteiger partial charge in [-0.25, -0.2) is 0 Å². The summed E-state index contributed by atoms with van der Waals surface area (Å²) >= 11 is 1.41. The molecule has 0 atom stereocenters. The summed E-state index contributed by atoms with van der Waals surface area (Å²) in [5.74, 6) is 1.90. The van der Waals surface area contributed by atoms with Crippen molar-refractivity contribution < 1.29 is 9.15 Å². The van der Waals surface area contributed by atoms with Crippen molar-refractivity contribution in [2.24, 2.45) is 0 Å². The number of benzene rings is 1. The summed E-state index contributed by atoms with van der Waals surface area (Å²) in [6, 6.07) is 7.42. The zero-order valence-corrected chi connectivity index (χ0v) is 10.8. The standard InChI is InChI=1S/C12H11N3O2S/c1-8-14-15-12(17-8)18-7-10-5-9(6-13)3-4-11(10)16-2/h3-5H,7H2,1-2H3. The number of aromatic nitrogens is 2. The van der Waals surface area contributed by atoms with Gasteiger partial charge in [0.2, 0.25) is 5.89 Å². The molecule has 0 aliphatic rings. The first-order valence-corrected chi connectivity index (χ1v) is 6.21. The summed E-state index contributed by atoms with van der Waals surface area (Å²) in [5.41, 5.74) is 1.53. The first-order chi connectivity index (χ1) is 8.72. The van der Waals surface area contributed by atoms with Crippen LogP contribution >= 0.6 is 11.8 Å². The SMILES string of the molecule is COc1ccc(C#N)cc1CSc1nnc(C)o1. The monoisotopic (exact) mass is 261 g/mol. The highest BCUT2D eigenvalue weighted by atomic mass is 32.2. The highest BCUT2D eigenvalue weighted by Gasteiger charge is 2.08. The Bertz CT molecular complexity index is 589. The number of thioether (sulfide) groups is 1. The lowest BCUT2D eigenvalue weighted by atomic mass is 10.1. The topological polar surface area (TPSA) is 71.9 Å². The number of methoxy groups -OCH3 is 1. The smallest absolute Gasteiger partial charge is 0.276 e. The van der Waals surface area contributed by atoms with E-state index in [2.05, 4.69) is 16.3 Å². The van der Waals surface area contributed by atoms with Crippen LogP contribution in [0.15, 0.2) is 27.8 Å². The van der Waals surface area contributed by atoms with E-state index in [9.17, 15) is 0 Å². The van der Waals surface area contributed by atoms with Crippen molar-refractivity contribution in [1.82, 2.24) is 10.2 Å². The third-order valence-corrected chi connectivity index (χ3v) is 3.14. The maximum absolute atomic E-state index is 8.88. The van der Waals surface area contributed by atoms with E-state index < -0.39 is 0 Å². The molecule has 0 fully saturated rings. The second kappa shape index (κ2) is 5.56. The molecule has 0 radical (unpaired) electrons. The molecule has 0 unspecified atom stereocenters. The van der Waals surface area contributed by atoms with Crippen LogP contribution in [0.1, 0.15) is 17.0 Å². The van der Waals surface area contributed by atoms with Gasteiger partial charge in [-0.3, -0.25) is 0 Å². The minimum Gasteiger partial charge on any atom is -0.496 e. The molecule has 0 spiro atoms. The Morgan fingerprint density at radius 2 is 2.28 bits per heavy atom. The summed E-state index contributed by atoms with van der Waals surface area (Å²) in [5, 5.41) is 17.0. The average Bonchev–Trinajstić information content (AvgIpc) is 2.81. The molecule has 0 aliphatic carbocycles. The van der Waals surface area contributed by atoms with Crippen LogP contribution in [0.4, 0.5) is 0 Å². The maximum atomic E-state index is 8.88. The van der Waals surface area contributed by atoms with Gasteiger partial charge < -0.3 is 9.15 Å². The Morgan fingerprint density at radius 1 is 1.44 bits per heavy atom. The number of hydrogen-bond acceptors (Lipinski definition) is 6. The molecule has 0 saturated carbocycles. The van der Waals surface area contributed by atoms with Crippen molar-refractivity contribution >= 4 is 11.8 Å². The summed E-state index contributed by atoms with van der Waals surface area (Å²) in [7, 11) is 1.60. The summed E-state index contributed by atoms with van der Waals surface area (Å²) in [6.45, 7) is 1.74. The van der Waals surface area contributed by atoms with Crippen LogP contribution in [0.5, 0.6) is 5.75 Å². The van der Waals surface area contributed by atoms with E-state index in [1.54, 1.807) is 32.2 Å². The van der Waals surface area contributed by atoms with Crippen LogP contribution in [-0.4, -0.2) is 17.3 Å². The van der Waals surface area contributed by atoms with Gasteiger partial charge in [-0.2, -0.15) is 5.26 Å². The van der Waals surface area contributed by atoms with Crippen LogP contribution in [-0.2, 0) is 5.75 Å². The number of rotatable bonds is 4. The van der Waals surface area contributed by atoms with E-state index in [-0.39, 0.29) is 0 Å². The van der Waals surface area contributed by atoms with Crippen LogP contribution in [0.2, 0.25) is 0 Å². The normalized spacial score (nSPS) is 10.1. The van der Waals surface area contributed by atoms with Crippen LogP contribution in [0, 0.1) is 18.3 Å². The minimum absolute atomic E-state index is 0.511. The van der Waals surface area contributed by atoms with Gasteiger partial charge in [0.15, 0.2) is 0 Å². The predicted octanol–water partition coefficient (Wildman–Crippen LogP) is 2.55. The third-order valence-electron chi connectivity index (χ3n) is 2.27. The molecular formula is C12H11N3O2S. The molecule has 92 valence electrons. The molecule has 0 N–H and O–H groups in total. The third kappa shape index (κ3) is 2.81. The molecule has 1 heterocycles. The van der Waals surface area contributed by atoms with Crippen molar-refractivity contribution in [1.29, 1.82) is 5.26 Å². The van der Waals surface area contributed by atoms with Gasteiger partial charge in [-0.05, 0) is 18.2 Å². The highest BCUT2D eigenvalue weighted by molar-refractivity contribution is 7.98. The minimum atomic E-state index is 0.511. The second-order valence-corrected chi connectivity index (χ2v) is 4.44. The van der Waals surface area contributed by atoms with Gasteiger partial charge in [0.1, 0.15) is 5.75 Å². The Morgan fingerprint density at radius 3 is 2.89 bits per heavy atom. The van der Waals surface area contributed by atoms with Crippen LogP contribution in [0.3, 0.4) is 0 Å². The average molecular weight is 261 g/mol. The zero-order chi connectivity index (χ0) is 13.0. The number of ether oxygens (including phenoxy) is 1. The van der Waals surface area contributed by atoms with Crippen molar-refractivity contribution in [3.8, 4) is 11.8 Å². The van der Waals surface area contributed by atoms with Crippen molar-refractivity contribution in [2.75, 3.05) is 7.11 Å². The molecule has 0 amide bonds. The Labute approximate surface area is 109 Å². The van der Waals surface area contributed by atoms with Gasteiger partial charge in [0.25, 0.3) is 5.22 Å². The summed E-state index contributed by atoms with van der Waals surface area (Å²) < 4.78 is 10.5. The first kappa shape index (κ1) is 12.5. The fourth-order valence-corrected chi connectivity index (χ4v) is 2.22. The first-order valence-electron chi connectivity index (χ1n) is 5.23. The van der Waals surface area contributed by atoms with E-state index in [1.807, 2.05) is 0 Å². The summed E-state index contributed by atoms with van der Waals surface area (Å²) in [6.07, 6.45) is 0. The Kier molecular flexibility index (Phi) is 3.85. The van der Waals surface area contributed by atoms with Gasteiger partial charge in [-0.1, -0.05) is 11.8 Å². The Hall–Kier alpha value is -2.00. The fourth-order valence-electron chi connectivity index (χ4n) is 1.44. The van der Waals surface area contributed by atoms with Gasteiger partial charge >= 0.3 is 0 Å². The number of nitriles is 1. The quantitative estimate of drug-likeness (QED) is 0.787. The molecule has 0 saturated heterocycles. The highest BCUT2D eigenvalue weighted by Crippen LogP contribution is 2.27. The Balaban J connectivity index is 2.15. The molecule has 5 nitrogen and oxygen atoms in total. The number of hydrogen-bond donors (Lipinski definition) is 0. The molecule has 1 aromatic carbocycles. The van der Waals surface area contributed by atoms with E-state index in [4.69, 9.17) is 14.4 Å². The lowest BCUT2D eigenvalue weighted by Gasteiger charge is -2.07. The second-order valence-electron chi connectivity index (χ2n) is 3.51. The van der Waals surface area contributed by atoms with E-state index in [0.29, 0.717) is 22.4 Å².